The minimum atomic E-state index is 0.235. The molecule has 1 unspecified atom stereocenters. The van der Waals surface area contributed by atoms with E-state index in [0.29, 0.717) is 6.04 Å². The van der Waals surface area contributed by atoms with Crippen molar-refractivity contribution in [3.8, 4) is 0 Å². The Morgan fingerprint density at radius 1 is 1.14 bits per heavy atom. The van der Waals surface area contributed by atoms with Gasteiger partial charge in [0, 0.05) is 31.2 Å². The van der Waals surface area contributed by atoms with Crippen LogP contribution in [0, 0.1) is 6.92 Å². The van der Waals surface area contributed by atoms with Crippen LogP contribution < -0.4 is 10.6 Å². The predicted molar refractivity (Wildman–Crippen MR) is 88.9 cm³/mol. The highest BCUT2D eigenvalue weighted by atomic mass is 16.2. The SMILES string of the molecule is CCCNc1nc(CCC)nc(NC(C)CCCO)c1C. The van der Waals surface area contributed by atoms with Crippen LogP contribution in [0.5, 0.6) is 0 Å². The molecule has 0 saturated carbocycles. The van der Waals surface area contributed by atoms with E-state index < -0.39 is 0 Å². The maximum Gasteiger partial charge on any atom is 0.134 e. The van der Waals surface area contributed by atoms with Crippen molar-refractivity contribution in [1.82, 2.24) is 9.97 Å². The smallest absolute Gasteiger partial charge is 0.134 e. The van der Waals surface area contributed by atoms with E-state index in [9.17, 15) is 0 Å². The summed E-state index contributed by atoms with van der Waals surface area (Å²) in [5.41, 5.74) is 1.07. The lowest BCUT2D eigenvalue weighted by atomic mass is 10.2. The minimum Gasteiger partial charge on any atom is -0.396 e. The largest absolute Gasteiger partial charge is 0.396 e. The van der Waals surface area contributed by atoms with Crippen molar-refractivity contribution in [2.75, 3.05) is 23.8 Å². The summed E-state index contributed by atoms with van der Waals surface area (Å²) in [6.07, 6.45) is 4.74. The number of aliphatic hydroxyl groups is 1. The van der Waals surface area contributed by atoms with Crippen molar-refractivity contribution < 1.29 is 5.11 Å². The Balaban J connectivity index is 2.90. The van der Waals surface area contributed by atoms with Gasteiger partial charge in [0.15, 0.2) is 0 Å². The van der Waals surface area contributed by atoms with E-state index in [4.69, 9.17) is 5.11 Å². The Hall–Kier alpha value is -1.36. The van der Waals surface area contributed by atoms with Gasteiger partial charge in [-0.05, 0) is 39.5 Å². The third kappa shape index (κ3) is 5.87. The first-order chi connectivity index (χ1) is 10.1. The Morgan fingerprint density at radius 3 is 2.48 bits per heavy atom. The van der Waals surface area contributed by atoms with Gasteiger partial charge in [0.1, 0.15) is 17.5 Å². The molecule has 1 rings (SSSR count). The normalized spacial score (nSPS) is 12.2. The van der Waals surface area contributed by atoms with Crippen LogP contribution in [0.3, 0.4) is 0 Å². The molecule has 0 amide bonds. The van der Waals surface area contributed by atoms with Gasteiger partial charge in [-0.25, -0.2) is 9.97 Å². The fraction of sp³-hybridized carbons (Fsp3) is 0.750. The number of aromatic nitrogens is 2. The molecule has 1 atom stereocenters. The van der Waals surface area contributed by atoms with Crippen molar-refractivity contribution in [3.05, 3.63) is 11.4 Å². The summed E-state index contributed by atoms with van der Waals surface area (Å²) in [4.78, 5) is 9.28. The molecule has 5 heteroatoms. The topological polar surface area (TPSA) is 70.1 Å². The summed E-state index contributed by atoms with van der Waals surface area (Å²) in [6, 6.07) is 0.291. The summed E-state index contributed by atoms with van der Waals surface area (Å²) < 4.78 is 0. The van der Waals surface area contributed by atoms with Gasteiger partial charge >= 0.3 is 0 Å². The highest BCUT2D eigenvalue weighted by Gasteiger charge is 2.12. The maximum atomic E-state index is 8.93. The molecule has 0 fully saturated rings. The number of rotatable bonds is 10. The van der Waals surface area contributed by atoms with E-state index >= 15 is 0 Å². The summed E-state index contributed by atoms with van der Waals surface area (Å²) in [7, 11) is 0. The molecule has 1 aromatic heterocycles. The highest BCUT2D eigenvalue weighted by Crippen LogP contribution is 2.22. The molecule has 0 aliphatic rings. The van der Waals surface area contributed by atoms with Gasteiger partial charge in [0.05, 0.1) is 0 Å². The Bertz CT molecular complexity index is 423. The lowest BCUT2D eigenvalue weighted by molar-refractivity contribution is 0.282. The molecule has 0 saturated heterocycles. The molecule has 3 N–H and O–H groups in total. The van der Waals surface area contributed by atoms with Gasteiger partial charge < -0.3 is 15.7 Å². The van der Waals surface area contributed by atoms with Crippen LogP contribution in [0.25, 0.3) is 0 Å². The van der Waals surface area contributed by atoms with Crippen LogP contribution in [-0.4, -0.2) is 34.3 Å². The molecular weight excluding hydrogens is 264 g/mol. The molecule has 21 heavy (non-hydrogen) atoms. The Kier molecular flexibility index (Phi) is 8.05. The van der Waals surface area contributed by atoms with Gasteiger partial charge in [0.25, 0.3) is 0 Å². The molecular formula is C16H30N4O. The quantitative estimate of drug-likeness (QED) is 0.618. The third-order valence-electron chi connectivity index (χ3n) is 3.39. The van der Waals surface area contributed by atoms with E-state index in [1.807, 2.05) is 0 Å². The molecule has 5 nitrogen and oxygen atoms in total. The number of anilines is 2. The van der Waals surface area contributed by atoms with Crippen molar-refractivity contribution in [2.45, 2.75) is 65.8 Å². The zero-order valence-corrected chi connectivity index (χ0v) is 13.9. The summed E-state index contributed by atoms with van der Waals surface area (Å²) in [5, 5.41) is 15.8. The van der Waals surface area contributed by atoms with Gasteiger partial charge in [0.2, 0.25) is 0 Å². The van der Waals surface area contributed by atoms with Gasteiger partial charge in [-0.1, -0.05) is 13.8 Å². The van der Waals surface area contributed by atoms with Crippen LogP contribution in [0.15, 0.2) is 0 Å². The Labute approximate surface area is 128 Å². The average Bonchev–Trinajstić information content (AvgIpc) is 2.47. The van der Waals surface area contributed by atoms with E-state index in [1.54, 1.807) is 0 Å². The third-order valence-corrected chi connectivity index (χ3v) is 3.39. The molecule has 0 aliphatic carbocycles. The predicted octanol–water partition coefficient (Wildman–Crippen LogP) is 3.13. The number of nitrogens with zero attached hydrogens (tertiary/aromatic N) is 2. The zero-order valence-electron chi connectivity index (χ0n) is 13.9. The fourth-order valence-corrected chi connectivity index (χ4v) is 2.16. The van der Waals surface area contributed by atoms with Crippen LogP contribution in [-0.2, 0) is 6.42 Å². The number of aryl methyl sites for hydroxylation is 1. The zero-order chi connectivity index (χ0) is 15.7. The first-order valence-corrected chi connectivity index (χ1v) is 8.11. The van der Waals surface area contributed by atoms with E-state index in [1.165, 1.54) is 0 Å². The van der Waals surface area contributed by atoms with E-state index in [-0.39, 0.29) is 6.61 Å². The molecule has 120 valence electrons. The fourth-order valence-electron chi connectivity index (χ4n) is 2.16. The first kappa shape index (κ1) is 17.7. The number of aliphatic hydroxyl groups excluding tert-OH is 1. The summed E-state index contributed by atoms with van der Waals surface area (Å²) in [5.74, 6) is 2.74. The van der Waals surface area contributed by atoms with Gasteiger partial charge in [-0.15, -0.1) is 0 Å². The second-order valence-corrected chi connectivity index (χ2v) is 5.55. The maximum absolute atomic E-state index is 8.93. The molecule has 0 aliphatic heterocycles. The van der Waals surface area contributed by atoms with E-state index in [0.717, 1.165) is 61.7 Å². The van der Waals surface area contributed by atoms with Crippen LogP contribution >= 0.6 is 0 Å². The van der Waals surface area contributed by atoms with Crippen molar-refractivity contribution >= 4 is 11.6 Å². The monoisotopic (exact) mass is 294 g/mol. The molecule has 0 bridgehead atoms. The standard InChI is InChI=1S/C16H30N4O/c1-5-8-14-19-15(17-10-6-2)13(4)16(20-14)18-12(3)9-7-11-21/h12,21H,5-11H2,1-4H3,(H2,17,18,19,20). The van der Waals surface area contributed by atoms with Crippen LogP contribution in [0.4, 0.5) is 11.6 Å². The first-order valence-electron chi connectivity index (χ1n) is 8.11. The number of hydrogen-bond acceptors (Lipinski definition) is 5. The second kappa shape index (κ2) is 9.55. The van der Waals surface area contributed by atoms with Crippen LogP contribution in [0.2, 0.25) is 0 Å². The van der Waals surface area contributed by atoms with E-state index in [2.05, 4.69) is 48.3 Å². The van der Waals surface area contributed by atoms with Crippen molar-refractivity contribution in [1.29, 1.82) is 0 Å². The number of nitrogens with one attached hydrogen (secondary N) is 2. The summed E-state index contributed by atoms with van der Waals surface area (Å²) >= 11 is 0. The molecule has 0 radical (unpaired) electrons. The lowest BCUT2D eigenvalue weighted by Gasteiger charge is -2.18. The lowest BCUT2D eigenvalue weighted by Crippen LogP contribution is -2.19. The molecule has 0 spiro atoms. The van der Waals surface area contributed by atoms with Crippen LogP contribution in [0.1, 0.15) is 57.8 Å². The highest BCUT2D eigenvalue weighted by molar-refractivity contribution is 5.57. The average molecular weight is 294 g/mol. The molecule has 0 aromatic carbocycles. The van der Waals surface area contributed by atoms with Crippen molar-refractivity contribution in [3.63, 3.8) is 0 Å². The summed E-state index contributed by atoms with van der Waals surface area (Å²) in [6.45, 7) is 9.61. The Morgan fingerprint density at radius 2 is 1.86 bits per heavy atom. The van der Waals surface area contributed by atoms with Gasteiger partial charge in [-0.2, -0.15) is 0 Å². The number of hydrogen-bond donors (Lipinski definition) is 3. The molecule has 1 heterocycles. The van der Waals surface area contributed by atoms with Gasteiger partial charge in [-0.3, -0.25) is 0 Å². The molecule has 1 aromatic rings. The van der Waals surface area contributed by atoms with Crippen molar-refractivity contribution in [2.24, 2.45) is 0 Å². The second-order valence-electron chi connectivity index (χ2n) is 5.55. The minimum absolute atomic E-state index is 0.235.